The summed E-state index contributed by atoms with van der Waals surface area (Å²) in [5.41, 5.74) is -0.159. The van der Waals surface area contributed by atoms with Crippen LogP contribution in [-0.4, -0.2) is 18.9 Å². The zero-order chi connectivity index (χ0) is 8.43. The van der Waals surface area contributed by atoms with Crippen LogP contribution >= 0.6 is 0 Å². The summed E-state index contributed by atoms with van der Waals surface area (Å²) in [7, 11) is 5.24. The Bertz CT molecular complexity index is 298. The molecule has 54 valence electrons. The van der Waals surface area contributed by atoms with Crippen LogP contribution in [0.1, 0.15) is 10.4 Å². The summed E-state index contributed by atoms with van der Waals surface area (Å²) in [6.07, 6.45) is 0. The molecular formula is C7H4BFO2. The Balaban J connectivity index is 3.23. The van der Waals surface area contributed by atoms with Crippen LogP contribution < -0.4 is 5.46 Å². The third kappa shape index (κ3) is 1.58. The number of rotatable bonds is 1. The number of hydrogen-bond acceptors (Lipinski definition) is 1. The van der Waals surface area contributed by atoms with E-state index in [4.69, 9.17) is 13.0 Å². The fourth-order valence-corrected chi connectivity index (χ4v) is 0.707. The first-order valence-corrected chi connectivity index (χ1v) is 2.89. The Kier molecular flexibility index (Phi) is 1.94. The molecule has 0 aromatic heterocycles. The number of halogens is 1. The molecule has 1 N–H and O–H groups in total. The van der Waals surface area contributed by atoms with Crippen molar-refractivity contribution in [3.8, 4) is 0 Å². The zero-order valence-electron chi connectivity index (χ0n) is 5.54. The van der Waals surface area contributed by atoms with Gasteiger partial charge >= 0.3 is 5.97 Å². The maximum absolute atomic E-state index is 12.6. The molecule has 0 unspecified atom stereocenters. The summed E-state index contributed by atoms with van der Waals surface area (Å²) in [5, 5.41) is 8.39. The first-order valence-electron chi connectivity index (χ1n) is 2.89. The maximum atomic E-state index is 12.6. The predicted octanol–water partition coefficient (Wildman–Crippen LogP) is 0.318. The van der Waals surface area contributed by atoms with Gasteiger partial charge in [-0.15, -0.1) is 0 Å². The molecule has 0 atom stereocenters. The lowest BCUT2D eigenvalue weighted by atomic mass is 9.94. The number of hydrogen-bond donors (Lipinski definition) is 1. The van der Waals surface area contributed by atoms with Crippen LogP contribution in [0.4, 0.5) is 4.39 Å². The van der Waals surface area contributed by atoms with Crippen molar-refractivity contribution in [1.29, 1.82) is 0 Å². The van der Waals surface area contributed by atoms with Crippen LogP contribution in [0.5, 0.6) is 0 Å². The summed E-state index contributed by atoms with van der Waals surface area (Å²) < 4.78 is 12.6. The molecule has 1 rings (SSSR count). The molecule has 1 aromatic rings. The number of benzene rings is 1. The van der Waals surface area contributed by atoms with E-state index in [-0.39, 0.29) is 5.46 Å². The second-order valence-electron chi connectivity index (χ2n) is 2.04. The zero-order valence-corrected chi connectivity index (χ0v) is 5.54. The van der Waals surface area contributed by atoms with E-state index in [1.165, 1.54) is 6.07 Å². The van der Waals surface area contributed by atoms with Crippen molar-refractivity contribution < 1.29 is 14.3 Å². The Morgan fingerprint density at radius 2 is 2.18 bits per heavy atom. The molecule has 11 heavy (non-hydrogen) atoms. The Labute approximate surface area is 64.1 Å². The van der Waals surface area contributed by atoms with Gasteiger partial charge < -0.3 is 5.11 Å². The highest BCUT2D eigenvalue weighted by Crippen LogP contribution is 2.03. The average molecular weight is 150 g/mol. The first kappa shape index (κ1) is 7.79. The van der Waals surface area contributed by atoms with E-state index in [1.807, 2.05) is 0 Å². The van der Waals surface area contributed by atoms with Gasteiger partial charge in [-0.05, 0) is 6.07 Å². The van der Waals surface area contributed by atoms with Crippen molar-refractivity contribution in [2.24, 2.45) is 0 Å². The molecule has 0 amide bonds. The van der Waals surface area contributed by atoms with E-state index in [9.17, 15) is 9.18 Å². The van der Waals surface area contributed by atoms with E-state index in [2.05, 4.69) is 0 Å². The molecule has 2 radical (unpaired) electrons. The highest BCUT2D eigenvalue weighted by Gasteiger charge is 2.08. The summed E-state index contributed by atoms with van der Waals surface area (Å²) in [6, 6.07) is 3.41. The summed E-state index contributed by atoms with van der Waals surface area (Å²) >= 11 is 0. The second kappa shape index (κ2) is 2.74. The molecule has 0 bridgehead atoms. The van der Waals surface area contributed by atoms with Crippen LogP contribution in [0.3, 0.4) is 0 Å². The van der Waals surface area contributed by atoms with Crippen LogP contribution in [0.2, 0.25) is 0 Å². The Morgan fingerprint density at radius 1 is 1.55 bits per heavy atom. The lowest BCUT2D eigenvalue weighted by Crippen LogP contribution is -2.09. The van der Waals surface area contributed by atoms with E-state index in [0.717, 1.165) is 12.1 Å². The lowest BCUT2D eigenvalue weighted by Gasteiger charge is -1.97. The molecule has 2 nitrogen and oxygen atoms in total. The molecular weight excluding hydrogens is 146 g/mol. The van der Waals surface area contributed by atoms with Crippen molar-refractivity contribution in [2.45, 2.75) is 0 Å². The highest BCUT2D eigenvalue weighted by atomic mass is 19.1. The maximum Gasteiger partial charge on any atom is 0.338 e. The molecule has 0 saturated carbocycles. The van der Waals surface area contributed by atoms with Gasteiger partial charge in [0, 0.05) is 0 Å². The third-order valence-corrected chi connectivity index (χ3v) is 1.22. The third-order valence-electron chi connectivity index (χ3n) is 1.22. The minimum Gasteiger partial charge on any atom is -0.478 e. The number of aromatic carboxylic acids is 1. The second-order valence-corrected chi connectivity index (χ2v) is 2.04. The van der Waals surface area contributed by atoms with Gasteiger partial charge in [0.1, 0.15) is 13.7 Å². The standard InChI is InChI=1S/C7H4BFO2/c8-4-1-2-6(9)5(3-4)7(10)11/h1-3H,(H,10,11). The minimum absolute atomic E-state index is 0.240. The molecule has 0 aliphatic rings. The van der Waals surface area contributed by atoms with Gasteiger partial charge in [0.05, 0.1) is 5.56 Å². The fraction of sp³-hybridized carbons (Fsp3) is 0. The lowest BCUT2D eigenvalue weighted by molar-refractivity contribution is 0.0692. The molecule has 0 heterocycles. The predicted molar refractivity (Wildman–Crippen MR) is 38.7 cm³/mol. The van der Waals surface area contributed by atoms with E-state index < -0.39 is 17.3 Å². The van der Waals surface area contributed by atoms with Crippen molar-refractivity contribution in [3.05, 3.63) is 29.6 Å². The fourth-order valence-electron chi connectivity index (χ4n) is 0.707. The van der Waals surface area contributed by atoms with Crippen LogP contribution in [0.15, 0.2) is 18.2 Å². The van der Waals surface area contributed by atoms with Crippen molar-refractivity contribution >= 4 is 19.3 Å². The van der Waals surface area contributed by atoms with Gasteiger partial charge in [0.2, 0.25) is 0 Å². The Hall–Kier alpha value is -1.32. The van der Waals surface area contributed by atoms with Crippen LogP contribution in [0.25, 0.3) is 0 Å². The average Bonchev–Trinajstić information content (AvgIpc) is 1.94. The topological polar surface area (TPSA) is 37.3 Å². The summed E-state index contributed by atoms with van der Waals surface area (Å²) in [6.45, 7) is 0. The van der Waals surface area contributed by atoms with Crippen molar-refractivity contribution in [2.75, 3.05) is 0 Å². The van der Waals surface area contributed by atoms with Gasteiger partial charge in [-0.3, -0.25) is 0 Å². The largest absolute Gasteiger partial charge is 0.478 e. The van der Waals surface area contributed by atoms with Gasteiger partial charge in [-0.2, -0.15) is 0 Å². The SMILES string of the molecule is [B]c1ccc(F)c(C(=O)O)c1. The van der Waals surface area contributed by atoms with Crippen molar-refractivity contribution in [3.63, 3.8) is 0 Å². The van der Waals surface area contributed by atoms with E-state index in [1.54, 1.807) is 0 Å². The molecule has 0 aliphatic carbocycles. The first-order chi connectivity index (χ1) is 5.11. The molecule has 0 spiro atoms. The smallest absolute Gasteiger partial charge is 0.338 e. The van der Waals surface area contributed by atoms with Gasteiger partial charge in [-0.25, -0.2) is 9.18 Å². The molecule has 0 fully saturated rings. The van der Waals surface area contributed by atoms with Crippen LogP contribution in [0, 0.1) is 5.82 Å². The molecule has 4 heteroatoms. The summed E-state index contributed by atoms with van der Waals surface area (Å²) in [4.78, 5) is 10.3. The van der Waals surface area contributed by atoms with Gasteiger partial charge in [-0.1, -0.05) is 17.6 Å². The summed E-state index contributed by atoms with van der Waals surface area (Å²) in [5.74, 6) is -2.08. The molecule has 0 saturated heterocycles. The Morgan fingerprint density at radius 3 is 2.64 bits per heavy atom. The number of carboxylic acids is 1. The minimum atomic E-state index is -1.31. The van der Waals surface area contributed by atoms with Gasteiger partial charge in [0.15, 0.2) is 0 Å². The van der Waals surface area contributed by atoms with E-state index in [0.29, 0.717) is 0 Å². The van der Waals surface area contributed by atoms with Crippen LogP contribution in [-0.2, 0) is 0 Å². The normalized spacial score (nSPS) is 9.55. The number of carbonyl (C=O) groups is 1. The monoisotopic (exact) mass is 150 g/mol. The number of carboxylic acid groups (broad SMARTS) is 1. The van der Waals surface area contributed by atoms with Crippen molar-refractivity contribution in [1.82, 2.24) is 0 Å². The quantitative estimate of drug-likeness (QED) is 0.585. The highest BCUT2D eigenvalue weighted by molar-refractivity contribution is 6.32. The van der Waals surface area contributed by atoms with E-state index >= 15 is 0 Å². The molecule has 0 aliphatic heterocycles. The van der Waals surface area contributed by atoms with Gasteiger partial charge in [0.25, 0.3) is 0 Å². The molecule has 1 aromatic carbocycles.